The molecule has 6 heteroatoms. The maximum atomic E-state index is 5.50. The molecule has 1 aromatic heterocycles. The number of aromatic nitrogens is 2. The number of hydrogen-bond acceptors (Lipinski definition) is 6. The molecular weight excluding hydrogens is 292 g/mol. The van der Waals surface area contributed by atoms with Crippen LogP contribution in [0.1, 0.15) is 11.1 Å². The van der Waals surface area contributed by atoms with Gasteiger partial charge in [-0.15, -0.1) is 0 Å². The lowest BCUT2D eigenvalue weighted by Crippen LogP contribution is -1.99. The minimum atomic E-state index is 0.386. The molecule has 0 spiro atoms. The molecule has 118 valence electrons. The van der Waals surface area contributed by atoms with Crippen molar-refractivity contribution in [2.24, 2.45) is 0 Å². The molecule has 1 heterocycles. The van der Waals surface area contributed by atoms with E-state index >= 15 is 0 Å². The largest absolute Gasteiger partial charge is 0.497 e. The van der Waals surface area contributed by atoms with E-state index < -0.39 is 0 Å². The Bertz CT molecular complexity index is 726. The van der Waals surface area contributed by atoms with Crippen molar-refractivity contribution >= 4 is 12.0 Å². The van der Waals surface area contributed by atoms with E-state index in [-0.39, 0.29) is 0 Å². The first-order valence-electron chi connectivity index (χ1n) is 7.31. The van der Waals surface area contributed by atoms with E-state index in [4.69, 9.17) is 9.15 Å². The SMILES string of the molecule is COc1ccc(CNc2nnc(NCc3ccccc3)o2)cc1. The highest BCUT2D eigenvalue weighted by Gasteiger charge is 2.05. The topological polar surface area (TPSA) is 72.2 Å². The van der Waals surface area contributed by atoms with Crippen molar-refractivity contribution in [2.45, 2.75) is 13.1 Å². The van der Waals surface area contributed by atoms with Crippen molar-refractivity contribution in [3.8, 4) is 5.75 Å². The summed E-state index contributed by atoms with van der Waals surface area (Å²) in [4.78, 5) is 0. The number of benzene rings is 2. The lowest BCUT2D eigenvalue weighted by Gasteiger charge is -2.03. The van der Waals surface area contributed by atoms with Crippen molar-refractivity contribution in [1.29, 1.82) is 0 Å². The number of nitrogens with one attached hydrogen (secondary N) is 2. The highest BCUT2D eigenvalue weighted by atomic mass is 16.5. The van der Waals surface area contributed by atoms with Gasteiger partial charge in [-0.1, -0.05) is 52.7 Å². The number of methoxy groups -OCH3 is 1. The molecule has 6 nitrogen and oxygen atoms in total. The minimum absolute atomic E-state index is 0.386. The lowest BCUT2D eigenvalue weighted by atomic mass is 10.2. The van der Waals surface area contributed by atoms with Crippen LogP contribution in [-0.4, -0.2) is 17.3 Å². The summed E-state index contributed by atoms with van der Waals surface area (Å²) in [5.74, 6) is 0.832. The Labute approximate surface area is 134 Å². The van der Waals surface area contributed by atoms with Crippen LogP contribution in [0.5, 0.6) is 5.75 Å². The van der Waals surface area contributed by atoms with Crippen LogP contribution in [-0.2, 0) is 13.1 Å². The minimum Gasteiger partial charge on any atom is -0.497 e. The quantitative estimate of drug-likeness (QED) is 0.697. The molecule has 0 aliphatic rings. The maximum Gasteiger partial charge on any atom is 0.317 e. The average molecular weight is 310 g/mol. The fourth-order valence-corrected chi connectivity index (χ4v) is 2.06. The predicted molar refractivity (Wildman–Crippen MR) is 88.4 cm³/mol. The number of hydrogen-bond donors (Lipinski definition) is 2. The van der Waals surface area contributed by atoms with Crippen LogP contribution in [0.4, 0.5) is 12.0 Å². The second kappa shape index (κ2) is 7.31. The fraction of sp³-hybridized carbons (Fsp3) is 0.176. The van der Waals surface area contributed by atoms with Gasteiger partial charge in [0, 0.05) is 13.1 Å². The van der Waals surface area contributed by atoms with Gasteiger partial charge < -0.3 is 19.8 Å². The van der Waals surface area contributed by atoms with Crippen molar-refractivity contribution in [1.82, 2.24) is 10.2 Å². The Kier molecular flexibility index (Phi) is 4.73. The molecule has 0 aliphatic carbocycles. The molecule has 0 fully saturated rings. The molecule has 0 aliphatic heterocycles. The fourth-order valence-electron chi connectivity index (χ4n) is 2.06. The molecule has 23 heavy (non-hydrogen) atoms. The van der Waals surface area contributed by atoms with E-state index in [2.05, 4.69) is 20.8 Å². The Morgan fingerprint density at radius 2 is 1.39 bits per heavy atom. The zero-order valence-corrected chi connectivity index (χ0v) is 12.8. The van der Waals surface area contributed by atoms with E-state index in [0.29, 0.717) is 25.1 Å². The number of rotatable bonds is 7. The number of nitrogens with zero attached hydrogens (tertiary/aromatic N) is 2. The third kappa shape index (κ3) is 4.23. The zero-order chi connectivity index (χ0) is 15.9. The molecule has 0 bridgehead atoms. The molecule has 2 aromatic carbocycles. The summed E-state index contributed by atoms with van der Waals surface area (Å²) >= 11 is 0. The highest BCUT2D eigenvalue weighted by molar-refractivity contribution is 5.32. The third-order valence-electron chi connectivity index (χ3n) is 3.31. The smallest absolute Gasteiger partial charge is 0.317 e. The molecule has 0 radical (unpaired) electrons. The number of ether oxygens (including phenoxy) is 1. The van der Waals surface area contributed by atoms with Gasteiger partial charge in [0.05, 0.1) is 7.11 Å². The highest BCUT2D eigenvalue weighted by Crippen LogP contribution is 2.15. The van der Waals surface area contributed by atoms with Crippen LogP contribution in [0.25, 0.3) is 0 Å². The molecule has 3 rings (SSSR count). The van der Waals surface area contributed by atoms with Gasteiger partial charge in [-0.2, -0.15) is 0 Å². The Balaban J connectivity index is 1.50. The van der Waals surface area contributed by atoms with Crippen LogP contribution < -0.4 is 15.4 Å². The van der Waals surface area contributed by atoms with E-state index in [1.54, 1.807) is 7.11 Å². The van der Waals surface area contributed by atoms with Gasteiger partial charge in [-0.05, 0) is 23.3 Å². The normalized spacial score (nSPS) is 10.3. The standard InChI is InChI=1S/C17H18N4O2/c1-22-15-9-7-14(8-10-15)12-19-17-21-20-16(23-17)18-11-13-5-3-2-4-6-13/h2-10H,11-12H2,1H3,(H,18,20)(H,19,21). The Morgan fingerprint density at radius 1 is 0.826 bits per heavy atom. The van der Waals surface area contributed by atoms with Gasteiger partial charge in [0.15, 0.2) is 0 Å². The molecule has 0 amide bonds. The molecule has 2 N–H and O–H groups in total. The van der Waals surface area contributed by atoms with Crippen molar-refractivity contribution in [3.63, 3.8) is 0 Å². The van der Waals surface area contributed by atoms with Gasteiger partial charge in [-0.3, -0.25) is 0 Å². The van der Waals surface area contributed by atoms with Crippen LogP contribution in [0, 0.1) is 0 Å². The summed E-state index contributed by atoms with van der Waals surface area (Å²) < 4.78 is 10.6. The summed E-state index contributed by atoms with van der Waals surface area (Å²) in [6.07, 6.45) is 0. The van der Waals surface area contributed by atoms with E-state index in [1.165, 1.54) is 0 Å². The summed E-state index contributed by atoms with van der Waals surface area (Å²) in [6.45, 7) is 1.24. The van der Waals surface area contributed by atoms with E-state index in [9.17, 15) is 0 Å². The third-order valence-corrected chi connectivity index (χ3v) is 3.31. The molecular formula is C17H18N4O2. The van der Waals surface area contributed by atoms with Crippen LogP contribution in [0.2, 0.25) is 0 Å². The molecule has 0 unspecified atom stereocenters. The van der Waals surface area contributed by atoms with Gasteiger partial charge in [-0.25, -0.2) is 0 Å². The Hall–Kier alpha value is -3.02. The van der Waals surface area contributed by atoms with Crippen LogP contribution in [0.3, 0.4) is 0 Å². The predicted octanol–water partition coefficient (Wildman–Crippen LogP) is 3.30. The van der Waals surface area contributed by atoms with Gasteiger partial charge in [0.2, 0.25) is 0 Å². The molecule has 0 saturated carbocycles. The average Bonchev–Trinajstić information content (AvgIpc) is 3.07. The number of anilines is 2. The van der Waals surface area contributed by atoms with Crippen molar-refractivity contribution in [3.05, 3.63) is 65.7 Å². The van der Waals surface area contributed by atoms with Gasteiger partial charge in [0.25, 0.3) is 0 Å². The Morgan fingerprint density at radius 3 is 1.96 bits per heavy atom. The van der Waals surface area contributed by atoms with Gasteiger partial charge >= 0.3 is 12.0 Å². The second-order valence-corrected chi connectivity index (χ2v) is 4.95. The van der Waals surface area contributed by atoms with Crippen molar-refractivity contribution in [2.75, 3.05) is 17.7 Å². The van der Waals surface area contributed by atoms with Gasteiger partial charge in [0.1, 0.15) is 5.75 Å². The van der Waals surface area contributed by atoms with Crippen LogP contribution in [0.15, 0.2) is 59.0 Å². The summed E-state index contributed by atoms with van der Waals surface area (Å²) in [5, 5.41) is 14.1. The monoisotopic (exact) mass is 310 g/mol. The summed E-state index contributed by atoms with van der Waals surface area (Å²) in [6, 6.07) is 18.6. The molecule has 0 atom stereocenters. The maximum absolute atomic E-state index is 5.50. The van der Waals surface area contributed by atoms with E-state index in [1.807, 2.05) is 54.6 Å². The van der Waals surface area contributed by atoms with Crippen molar-refractivity contribution < 1.29 is 9.15 Å². The first-order chi connectivity index (χ1) is 11.3. The lowest BCUT2D eigenvalue weighted by molar-refractivity contribution is 0.414. The second-order valence-electron chi connectivity index (χ2n) is 4.95. The zero-order valence-electron chi connectivity index (χ0n) is 12.8. The molecule has 0 saturated heterocycles. The first kappa shape index (κ1) is 14.9. The van der Waals surface area contributed by atoms with Crippen LogP contribution >= 0.6 is 0 Å². The van der Waals surface area contributed by atoms with E-state index in [0.717, 1.165) is 16.9 Å². The first-order valence-corrected chi connectivity index (χ1v) is 7.31. The summed E-state index contributed by atoms with van der Waals surface area (Å²) in [5.41, 5.74) is 2.25. The summed E-state index contributed by atoms with van der Waals surface area (Å²) in [7, 11) is 1.65. The molecule has 3 aromatic rings.